The number of fused-ring (bicyclic) bond motifs is 5. The summed E-state index contributed by atoms with van der Waals surface area (Å²) in [6.45, 7) is 9.12. The molecule has 0 spiro atoms. The first-order valence-electron chi connectivity index (χ1n) is 9.03. The lowest BCUT2D eigenvalue weighted by atomic mass is 9.76. The van der Waals surface area contributed by atoms with Crippen LogP contribution in [0.5, 0.6) is 0 Å². The number of rotatable bonds is 1. The van der Waals surface area contributed by atoms with Crippen molar-refractivity contribution in [3.8, 4) is 5.82 Å². The zero-order valence-electron chi connectivity index (χ0n) is 15.2. The quantitative estimate of drug-likeness (QED) is 0.423. The molecule has 0 saturated carbocycles. The van der Waals surface area contributed by atoms with Crippen molar-refractivity contribution in [1.82, 2.24) is 9.55 Å². The monoisotopic (exact) mass is 326 g/mol. The van der Waals surface area contributed by atoms with Gasteiger partial charge in [0, 0.05) is 27.9 Å². The SMILES string of the molecule is CC(C)c1ccc2c3cccc4c3n(c2c1)-c1ncccc1C4(C)C. The minimum absolute atomic E-state index is 0.0473. The Morgan fingerprint density at radius 2 is 1.72 bits per heavy atom. The minimum atomic E-state index is -0.0473. The van der Waals surface area contributed by atoms with Gasteiger partial charge >= 0.3 is 0 Å². The van der Waals surface area contributed by atoms with Crippen LogP contribution in [-0.4, -0.2) is 9.55 Å². The van der Waals surface area contributed by atoms with Crippen molar-refractivity contribution >= 4 is 21.8 Å². The van der Waals surface area contributed by atoms with Gasteiger partial charge in [0.2, 0.25) is 0 Å². The number of nitrogens with zero attached hydrogens (tertiary/aromatic N) is 2. The third-order valence-electron chi connectivity index (χ3n) is 5.82. The van der Waals surface area contributed by atoms with Gasteiger partial charge in [-0.15, -0.1) is 0 Å². The second-order valence-corrected chi connectivity index (χ2v) is 7.97. The van der Waals surface area contributed by atoms with Crippen LogP contribution in [0.4, 0.5) is 0 Å². The summed E-state index contributed by atoms with van der Waals surface area (Å²) >= 11 is 0. The number of benzene rings is 2. The number of hydrogen-bond donors (Lipinski definition) is 0. The Kier molecular flexibility index (Phi) is 2.78. The molecule has 0 radical (unpaired) electrons. The average molecular weight is 326 g/mol. The highest BCUT2D eigenvalue weighted by Gasteiger charge is 2.35. The lowest BCUT2D eigenvalue weighted by Crippen LogP contribution is -2.26. The highest BCUT2D eigenvalue weighted by atomic mass is 15.1. The number of hydrogen-bond acceptors (Lipinski definition) is 1. The fourth-order valence-corrected chi connectivity index (χ4v) is 4.38. The van der Waals surface area contributed by atoms with E-state index >= 15 is 0 Å². The Balaban J connectivity index is 2.06. The second kappa shape index (κ2) is 4.72. The fraction of sp³-hybridized carbons (Fsp3) is 0.261. The summed E-state index contributed by atoms with van der Waals surface area (Å²) in [5.41, 5.74) is 6.58. The van der Waals surface area contributed by atoms with E-state index in [-0.39, 0.29) is 5.41 Å². The van der Waals surface area contributed by atoms with Crippen LogP contribution in [0, 0.1) is 0 Å². The van der Waals surface area contributed by atoms with Crippen LogP contribution in [0.25, 0.3) is 27.6 Å². The summed E-state index contributed by atoms with van der Waals surface area (Å²) < 4.78 is 2.38. The van der Waals surface area contributed by atoms with E-state index in [4.69, 9.17) is 4.98 Å². The van der Waals surface area contributed by atoms with E-state index in [2.05, 4.69) is 80.8 Å². The Labute approximate surface area is 148 Å². The van der Waals surface area contributed by atoms with E-state index in [1.54, 1.807) is 0 Å². The maximum Gasteiger partial charge on any atom is 0.141 e. The molecule has 0 aliphatic carbocycles. The molecule has 2 heteroatoms. The molecule has 0 atom stereocenters. The van der Waals surface area contributed by atoms with Crippen LogP contribution in [0.3, 0.4) is 0 Å². The maximum atomic E-state index is 4.80. The van der Waals surface area contributed by atoms with Crippen molar-refractivity contribution in [2.24, 2.45) is 0 Å². The summed E-state index contributed by atoms with van der Waals surface area (Å²) in [6.07, 6.45) is 1.91. The van der Waals surface area contributed by atoms with Crippen molar-refractivity contribution in [3.05, 3.63) is 71.4 Å². The number of para-hydroxylation sites is 1. The molecule has 25 heavy (non-hydrogen) atoms. The molecule has 4 aromatic rings. The normalized spacial score (nSPS) is 15.1. The number of aromatic nitrogens is 2. The lowest BCUT2D eigenvalue weighted by molar-refractivity contribution is 0.624. The predicted molar refractivity (Wildman–Crippen MR) is 105 cm³/mol. The van der Waals surface area contributed by atoms with Crippen molar-refractivity contribution < 1.29 is 0 Å². The molecule has 0 amide bonds. The lowest BCUT2D eigenvalue weighted by Gasteiger charge is -2.33. The van der Waals surface area contributed by atoms with Crippen LogP contribution in [-0.2, 0) is 5.41 Å². The fourth-order valence-electron chi connectivity index (χ4n) is 4.38. The van der Waals surface area contributed by atoms with E-state index < -0.39 is 0 Å². The molecule has 124 valence electrons. The molecule has 2 aromatic heterocycles. The average Bonchev–Trinajstić information content (AvgIpc) is 2.94. The molecule has 3 heterocycles. The van der Waals surface area contributed by atoms with Crippen molar-refractivity contribution in [2.75, 3.05) is 0 Å². The van der Waals surface area contributed by atoms with Crippen LogP contribution in [0.2, 0.25) is 0 Å². The molecule has 0 N–H and O–H groups in total. The Hall–Kier alpha value is -2.61. The minimum Gasteiger partial charge on any atom is -0.293 e. The van der Waals surface area contributed by atoms with Gasteiger partial charge in [-0.25, -0.2) is 4.98 Å². The topological polar surface area (TPSA) is 17.8 Å². The molecule has 1 aliphatic rings. The first kappa shape index (κ1) is 14.7. The molecule has 0 fully saturated rings. The molecule has 1 aliphatic heterocycles. The van der Waals surface area contributed by atoms with Gasteiger partial charge in [-0.1, -0.05) is 64.1 Å². The summed E-state index contributed by atoms with van der Waals surface area (Å²) in [5, 5.41) is 2.64. The van der Waals surface area contributed by atoms with Crippen LogP contribution < -0.4 is 0 Å². The molecule has 0 bridgehead atoms. The van der Waals surface area contributed by atoms with Gasteiger partial charge in [-0.05, 0) is 29.2 Å². The van der Waals surface area contributed by atoms with Gasteiger partial charge in [-0.3, -0.25) is 4.57 Å². The Bertz CT molecular complexity index is 1150. The zero-order valence-corrected chi connectivity index (χ0v) is 15.2. The van der Waals surface area contributed by atoms with Gasteiger partial charge < -0.3 is 0 Å². The van der Waals surface area contributed by atoms with Gasteiger partial charge in [0.25, 0.3) is 0 Å². The van der Waals surface area contributed by atoms with Gasteiger partial charge in [-0.2, -0.15) is 0 Å². The van der Waals surface area contributed by atoms with Gasteiger partial charge in [0.05, 0.1) is 11.0 Å². The summed E-state index contributed by atoms with van der Waals surface area (Å²) in [5.74, 6) is 1.59. The second-order valence-electron chi connectivity index (χ2n) is 7.97. The first-order chi connectivity index (χ1) is 12.0. The number of pyridine rings is 1. The van der Waals surface area contributed by atoms with Crippen LogP contribution in [0.1, 0.15) is 50.3 Å². The Morgan fingerprint density at radius 3 is 2.52 bits per heavy atom. The third-order valence-corrected chi connectivity index (χ3v) is 5.82. The van der Waals surface area contributed by atoms with Crippen LogP contribution in [0.15, 0.2) is 54.7 Å². The molecular weight excluding hydrogens is 304 g/mol. The summed E-state index contributed by atoms with van der Waals surface area (Å²) in [7, 11) is 0. The zero-order chi connectivity index (χ0) is 17.3. The van der Waals surface area contributed by atoms with E-state index in [1.165, 1.54) is 38.5 Å². The van der Waals surface area contributed by atoms with Crippen LogP contribution >= 0.6 is 0 Å². The molecule has 5 rings (SSSR count). The molecule has 0 saturated heterocycles. The summed E-state index contributed by atoms with van der Waals surface area (Å²) in [4.78, 5) is 4.80. The maximum absolute atomic E-state index is 4.80. The van der Waals surface area contributed by atoms with Crippen molar-refractivity contribution in [3.63, 3.8) is 0 Å². The van der Waals surface area contributed by atoms with E-state index in [9.17, 15) is 0 Å². The molecule has 2 aromatic carbocycles. The standard InChI is InChI=1S/C23H22N2/c1-14(2)15-10-11-16-17-7-5-8-18-21(17)25(20(16)13-15)22-19(23(18,3)4)9-6-12-24-22/h5-14H,1-4H3. The molecule has 0 unspecified atom stereocenters. The first-order valence-corrected chi connectivity index (χ1v) is 9.03. The van der Waals surface area contributed by atoms with Gasteiger partial charge in [0.1, 0.15) is 5.82 Å². The van der Waals surface area contributed by atoms with Gasteiger partial charge in [0.15, 0.2) is 0 Å². The predicted octanol–water partition coefficient (Wildman–Crippen LogP) is 5.94. The van der Waals surface area contributed by atoms with Crippen molar-refractivity contribution in [1.29, 1.82) is 0 Å². The highest BCUT2D eigenvalue weighted by molar-refractivity contribution is 6.11. The third kappa shape index (κ3) is 1.77. The largest absolute Gasteiger partial charge is 0.293 e. The molecular formula is C23H22N2. The highest BCUT2D eigenvalue weighted by Crippen LogP contribution is 2.46. The summed E-state index contributed by atoms with van der Waals surface area (Å²) in [6, 6.07) is 17.9. The van der Waals surface area contributed by atoms with E-state index in [1.807, 2.05) is 6.20 Å². The smallest absolute Gasteiger partial charge is 0.141 e. The Morgan fingerprint density at radius 1 is 0.920 bits per heavy atom. The van der Waals surface area contributed by atoms with E-state index in [0.29, 0.717) is 5.92 Å². The van der Waals surface area contributed by atoms with Crippen molar-refractivity contribution in [2.45, 2.75) is 39.0 Å². The van der Waals surface area contributed by atoms with E-state index in [0.717, 1.165) is 5.82 Å². The molecule has 2 nitrogen and oxygen atoms in total.